The van der Waals surface area contributed by atoms with Crippen molar-refractivity contribution in [3.63, 3.8) is 0 Å². The summed E-state index contributed by atoms with van der Waals surface area (Å²) in [7, 11) is 0. The number of nitrogens with zero attached hydrogens (tertiary/aromatic N) is 3. The number of H-pyrrole nitrogens is 1. The van der Waals surface area contributed by atoms with Gasteiger partial charge < -0.3 is 25.4 Å². The fourth-order valence-electron chi connectivity index (χ4n) is 3.49. The summed E-state index contributed by atoms with van der Waals surface area (Å²) in [6.45, 7) is 0.698. The molecule has 4 rings (SSSR count). The molecular formula is C19H27F2N5O7. The summed E-state index contributed by atoms with van der Waals surface area (Å²) >= 11 is 0. The van der Waals surface area contributed by atoms with Crippen molar-refractivity contribution in [3.05, 3.63) is 55.3 Å². The Hall–Kier alpha value is -2.94. The Labute approximate surface area is 186 Å². The molecular weight excluding hydrogens is 448 g/mol. The summed E-state index contributed by atoms with van der Waals surface area (Å²) in [5.74, 6) is 0.106. The number of aliphatic hydroxyl groups excluding tert-OH is 2. The van der Waals surface area contributed by atoms with Crippen molar-refractivity contribution in [2.45, 2.75) is 56.8 Å². The largest absolute Gasteiger partial charge is 0.394 e. The van der Waals surface area contributed by atoms with Gasteiger partial charge in [-0.05, 0) is 13.0 Å². The number of hydrogen-bond donors (Lipinski definition) is 4. The second kappa shape index (κ2) is 10.3. The Morgan fingerprint density at radius 2 is 1.67 bits per heavy atom. The molecule has 0 aliphatic carbocycles. The molecule has 0 saturated carbocycles. The normalized spacial score (nSPS) is 29.0. The van der Waals surface area contributed by atoms with E-state index in [2.05, 4.69) is 9.97 Å². The van der Waals surface area contributed by atoms with Gasteiger partial charge in [-0.25, -0.2) is 18.4 Å². The standard InChI is InChI=1S/C10H13FN2O4.C9H12FN3O3.H2/c1-5-3-13(10(16)12-9(5)15)8-2-6(11)7(4-14)17-8;10-5-3-8(16-6(5)4-14)13-2-1-7(11)12-9(13)15;/h3,6-8,14H,2,4H2,1H3,(H,12,15,16);1-2,5-6,8,14H,3-4H2,(H2,11,12,15);1H/i;;1+1. The van der Waals surface area contributed by atoms with Gasteiger partial charge in [0, 0.05) is 32.2 Å². The van der Waals surface area contributed by atoms with Crippen molar-refractivity contribution in [1.82, 2.24) is 19.1 Å². The van der Waals surface area contributed by atoms with Gasteiger partial charge in [-0.15, -0.1) is 0 Å². The number of aliphatic hydroxyl groups is 2. The number of halogens is 2. The minimum absolute atomic E-state index is 0. The number of aromatic nitrogens is 4. The summed E-state index contributed by atoms with van der Waals surface area (Å²) in [5.41, 5.74) is 3.97. The Morgan fingerprint density at radius 3 is 2.15 bits per heavy atom. The number of hydrogen-bond acceptors (Lipinski definition) is 9. The van der Waals surface area contributed by atoms with Gasteiger partial charge in [0.1, 0.15) is 42.8 Å². The molecule has 2 aromatic rings. The van der Waals surface area contributed by atoms with E-state index in [0.29, 0.717) is 5.56 Å². The maximum absolute atomic E-state index is 13.4. The molecule has 0 radical (unpaired) electrons. The molecule has 12 nitrogen and oxygen atoms in total. The van der Waals surface area contributed by atoms with Gasteiger partial charge in [0.2, 0.25) is 0 Å². The summed E-state index contributed by atoms with van der Waals surface area (Å²) < 4.78 is 39.3. The van der Waals surface area contributed by atoms with Crippen LogP contribution in [-0.4, -0.2) is 67.1 Å². The van der Waals surface area contributed by atoms with Gasteiger partial charge >= 0.3 is 11.4 Å². The van der Waals surface area contributed by atoms with E-state index in [1.54, 1.807) is 6.92 Å². The van der Waals surface area contributed by atoms with Gasteiger partial charge in [0.15, 0.2) is 0 Å². The van der Waals surface area contributed by atoms with Gasteiger partial charge in [0.25, 0.3) is 5.56 Å². The molecule has 184 valence electrons. The van der Waals surface area contributed by atoms with Crippen LogP contribution in [0.2, 0.25) is 0 Å². The van der Waals surface area contributed by atoms with Crippen molar-refractivity contribution < 1.29 is 29.9 Å². The summed E-state index contributed by atoms with van der Waals surface area (Å²) in [6.07, 6.45) is -3.16. The van der Waals surface area contributed by atoms with Crippen molar-refractivity contribution in [1.29, 1.82) is 0 Å². The zero-order valence-electron chi connectivity index (χ0n) is 17.6. The highest BCUT2D eigenvalue weighted by Crippen LogP contribution is 2.30. The average molecular weight is 476 g/mol. The van der Waals surface area contributed by atoms with E-state index in [-0.39, 0.29) is 20.1 Å². The third-order valence-corrected chi connectivity index (χ3v) is 5.30. The van der Waals surface area contributed by atoms with Crippen molar-refractivity contribution in [2.24, 2.45) is 0 Å². The highest BCUT2D eigenvalue weighted by molar-refractivity contribution is 5.23. The van der Waals surface area contributed by atoms with Gasteiger partial charge in [-0.1, -0.05) is 0 Å². The monoisotopic (exact) mass is 476 g/mol. The van der Waals surface area contributed by atoms with Gasteiger partial charge in [-0.3, -0.25) is 18.9 Å². The fourth-order valence-corrected chi connectivity index (χ4v) is 3.49. The van der Waals surface area contributed by atoms with Crippen molar-refractivity contribution in [3.8, 4) is 0 Å². The first-order valence-electron chi connectivity index (χ1n) is 10.1. The molecule has 2 aliphatic rings. The number of nitrogens with two attached hydrogens (primary N) is 1. The number of aromatic amines is 1. The Balaban J connectivity index is 0.000000234. The average Bonchev–Trinajstić information content (AvgIpc) is 3.32. The molecule has 4 heterocycles. The molecule has 2 fully saturated rings. The van der Waals surface area contributed by atoms with E-state index in [4.69, 9.17) is 25.4 Å². The first-order chi connectivity index (χ1) is 15.6. The smallest absolute Gasteiger partial charge is 0.351 e. The minimum atomic E-state index is -1.32. The molecule has 14 heteroatoms. The molecule has 2 aromatic heterocycles. The Morgan fingerprint density at radius 1 is 1.12 bits per heavy atom. The van der Waals surface area contributed by atoms with Crippen LogP contribution < -0.4 is 22.7 Å². The lowest BCUT2D eigenvalue weighted by molar-refractivity contribution is -0.0356. The molecule has 0 aromatic carbocycles. The van der Waals surface area contributed by atoms with E-state index >= 15 is 0 Å². The lowest BCUT2D eigenvalue weighted by Gasteiger charge is -2.14. The Kier molecular flexibility index (Phi) is 7.73. The zero-order chi connectivity index (χ0) is 24.3. The van der Waals surface area contributed by atoms with E-state index in [0.717, 1.165) is 4.57 Å². The minimum Gasteiger partial charge on any atom is -0.394 e. The van der Waals surface area contributed by atoms with Crippen LogP contribution in [0.25, 0.3) is 0 Å². The predicted molar refractivity (Wildman–Crippen MR) is 112 cm³/mol. The number of nitrogens with one attached hydrogen (secondary N) is 1. The molecule has 0 amide bonds. The zero-order valence-corrected chi connectivity index (χ0v) is 17.6. The van der Waals surface area contributed by atoms with Crippen LogP contribution in [0.15, 0.2) is 32.8 Å². The molecule has 2 aliphatic heterocycles. The molecule has 0 spiro atoms. The highest BCUT2D eigenvalue weighted by atomic mass is 19.1. The summed E-state index contributed by atoms with van der Waals surface area (Å²) in [5, 5.41) is 17.7. The number of rotatable bonds is 4. The highest BCUT2D eigenvalue weighted by Gasteiger charge is 2.37. The molecule has 5 N–H and O–H groups in total. The molecule has 0 bridgehead atoms. The third kappa shape index (κ3) is 5.52. The molecule has 33 heavy (non-hydrogen) atoms. The second-order valence-corrected chi connectivity index (χ2v) is 7.65. The van der Waals surface area contributed by atoms with Crippen LogP contribution in [-0.2, 0) is 9.47 Å². The number of nitrogen functional groups attached to an aromatic ring is 1. The SMILES string of the molecule is Cc1cn(C2CC(F)C(CO)O2)c(=O)[nH]c1=O.Nc1ccn(C2CC(F)C(CO)O2)c(=O)n1.[2HH]. The molecule has 6 atom stereocenters. The van der Waals surface area contributed by atoms with E-state index < -0.39 is 67.2 Å². The third-order valence-electron chi connectivity index (χ3n) is 5.30. The number of ether oxygens (including phenoxy) is 2. The second-order valence-electron chi connectivity index (χ2n) is 7.65. The van der Waals surface area contributed by atoms with Crippen LogP contribution in [0.4, 0.5) is 14.6 Å². The topological polar surface area (TPSA) is 175 Å². The Bertz CT molecular complexity index is 1140. The van der Waals surface area contributed by atoms with Gasteiger partial charge in [0.05, 0.1) is 13.2 Å². The van der Waals surface area contributed by atoms with Crippen LogP contribution in [0.1, 0.15) is 32.3 Å². The molecule has 6 unspecified atom stereocenters. The van der Waals surface area contributed by atoms with Crippen LogP contribution in [0.5, 0.6) is 0 Å². The lowest BCUT2D eigenvalue weighted by atomic mass is 10.2. The predicted octanol–water partition coefficient (Wildman–Crippen LogP) is -0.848. The first-order valence-corrected chi connectivity index (χ1v) is 10.1. The van der Waals surface area contributed by atoms with E-state index in [9.17, 15) is 23.2 Å². The molecule has 2 saturated heterocycles. The summed E-state index contributed by atoms with van der Waals surface area (Å²) in [4.78, 5) is 39.8. The number of anilines is 1. The van der Waals surface area contributed by atoms with Crippen molar-refractivity contribution >= 4 is 5.82 Å². The van der Waals surface area contributed by atoms with Crippen LogP contribution in [0.3, 0.4) is 0 Å². The fraction of sp³-hybridized carbons (Fsp3) is 0.579. The van der Waals surface area contributed by atoms with Crippen LogP contribution in [0, 0.1) is 6.92 Å². The maximum atomic E-state index is 13.4. The number of alkyl halides is 2. The van der Waals surface area contributed by atoms with Crippen molar-refractivity contribution in [2.75, 3.05) is 18.9 Å². The lowest BCUT2D eigenvalue weighted by Crippen LogP contribution is -2.33. The van der Waals surface area contributed by atoms with Gasteiger partial charge in [-0.2, -0.15) is 4.98 Å². The quantitative estimate of drug-likeness (QED) is 0.438. The number of aryl methyl sites for hydroxylation is 1. The van der Waals surface area contributed by atoms with E-state index in [1.165, 1.54) is 23.0 Å². The van der Waals surface area contributed by atoms with E-state index in [1.807, 2.05) is 0 Å². The first kappa shape index (κ1) is 24.7. The van der Waals surface area contributed by atoms with Crippen LogP contribution >= 0.6 is 0 Å². The summed E-state index contributed by atoms with van der Waals surface area (Å²) in [6, 6.07) is 1.43. The maximum Gasteiger partial charge on any atom is 0.351 e.